The molecule has 0 aromatic heterocycles. The number of nitrogens with zero attached hydrogens (tertiary/aromatic N) is 2. The maximum absolute atomic E-state index is 12.6. The van der Waals surface area contributed by atoms with Crippen molar-refractivity contribution in [1.29, 1.82) is 0 Å². The zero-order valence-corrected chi connectivity index (χ0v) is 21.5. The molecule has 1 amide bonds. The lowest BCUT2D eigenvalue weighted by Crippen LogP contribution is -2.47. The van der Waals surface area contributed by atoms with Crippen LogP contribution in [-0.2, 0) is 4.79 Å². The summed E-state index contributed by atoms with van der Waals surface area (Å²) in [6.07, 6.45) is -5.08. The number of carboxylic acids is 2. The summed E-state index contributed by atoms with van der Waals surface area (Å²) in [5, 5.41) is 20.5. The van der Waals surface area contributed by atoms with Gasteiger partial charge >= 0.3 is 18.1 Å². The molecule has 3 N–H and O–H groups in total. The molecule has 0 atom stereocenters. The van der Waals surface area contributed by atoms with Gasteiger partial charge in [0.1, 0.15) is 0 Å². The number of anilines is 3. The van der Waals surface area contributed by atoms with E-state index in [0.717, 1.165) is 24.3 Å². The lowest BCUT2D eigenvalue weighted by Gasteiger charge is -2.38. The Morgan fingerprint density at radius 1 is 0.846 bits per heavy atom. The molecule has 0 radical (unpaired) electrons. The van der Waals surface area contributed by atoms with E-state index in [9.17, 15) is 27.9 Å². The molecule has 0 saturated carbocycles. The van der Waals surface area contributed by atoms with Gasteiger partial charge in [-0.25, -0.2) is 9.59 Å². The molecule has 0 unspecified atom stereocenters. The van der Waals surface area contributed by atoms with Crippen LogP contribution >= 0.6 is 11.6 Å². The number of piperazine rings is 1. The van der Waals surface area contributed by atoms with Gasteiger partial charge in [-0.05, 0) is 61.0 Å². The molecule has 0 aliphatic carbocycles. The number of alkyl halides is 3. The van der Waals surface area contributed by atoms with Gasteiger partial charge in [0, 0.05) is 48.1 Å². The van der Waals surface area contributed by atoms with Crippen LogP contribution in [0.15, 0.2) is 66.7 Å². The van der Waals surface area contributed by atoms with Crippen molar-refractivity contribution in [2.45, 2.75) is 13.1 Å². The van der Waals surface area contributed by atoms with Gasteiger partial charge in [-0.1, -0.05) is 29.8 Å². The molecule has 12 heteroatoms. The Morgan fingerprint density at radius 3 is 1.95 bits per heavy atom. The van der Waals surface area contributed by atoms with Gasteiger partial charge in [-0.15, -0.1) is 0 Å². The highest BCUT2D eigenvalue weighted by Gasteiger charge is 2.38. The number of hydrogen-bond acceptors (Lipinski definition) is 5. The normalized spacial score (nSPS) is 13.3. The summed E-state index contributed by atoms with van der Waals surface area (Å²) in [6.45, 7) is 4.79. The van der Waals surface area contributed by atoms with Crippen LogP contribution in [0, 0.1) is 6.92 Å². The molecule has 1 aliphatic rings. The Bertz CT molecular complexity index is 1340. The van der Waals surface area contributed by atoms with E-state index in [-0.39, 0.29) is 11.5 Å². The van der Waals surface area contributed by atoms with Gasteiger partial charge in [-0.3, -0.25) is 4.79 Å². The van der Waals surface area contributed by atoms with Crippen LogP contribution in [0.25, 0.3) is 0 Å². The molecule has 1 heterocycles. The van der Waals surface area contributed by atoms with Crippen LogP contribution in [0.3, 0.4) is 0 Å². The number of aryl methyl sites for hydroxylation is 1. The summed E-state index contributed by atoms with van der Waals surface area (Å²) >= 11 is 5.98. The molecule has 4 rings (SSSR count). The molecule has 39 heavy (non-hydrogen) atoms. The van der Waals surface area contributed by atoms with Crippen molar-refractivity contribution in [3.8, 4) is 0 Å². The van der Waals surface area contributed by atoms with Crippen molar-refractivity contribution in [2.24, 2.45) is 0 Å². The monoisotopic (exact) mass is 563 g/mol. The molecule has 8 nitrogen and oxygen atoms in total. The number of carboxylic acid groups (broad SMARTS) is 2. The Balaban J connectivity index is 0.000000532. The van der Waals surface area contributed by atoms with Gasteiger partial charge in [0.05, 0.1) is 11.3 Å². The van der Waals surface area contributed by atoms with Crippen LogP contribution < -0.4 is 15.1 Å². The van der Waals surface area contributed by atoms with Gasteiger partial charge in [0.15, 0.2) is 0 Å². The fraction of sp³-hybridized carbons (Fsp3) is 0.222. The number of aromatic carboxylic acids is 1. The summed E-state index contributed by atoms with van der Waals surface area (Å²) < 4.78 is 31.7. The first-order chi connectivity index (χ1) is 18.4. The second-order valence-electron chi connectivity index (χ2n) is 8.56. The van der Waals surface area contributed by atoms with Crippen LogP contribution in [0.5, 0.6) is 0 Å². The quantitative estimate of drug-likeness (QED) is 0.373. The molecule has 1 fully saturated rings. The van der Waals surface area contributed by atoms with E-state index >= 15 is 0 Å². The number of halogens is 4. The largest absolute Gasteiger partial charge is 0.490 e. The van der Waals surface area contributed by atoms with Crippen LogP contribution in [0.2, 0.25) is 5.02 Å². The van der Waals surface area contributed by atoms with E-state index in [1.165, 1.54) is 6.07 Å². The van der Waals surface area contributed by atoms with Crippen LogP contribution in [-0.4, -0.2) is 60.4 Å². The number of carbonyl (C=O) groups is 3. The van der Waals surface area contributed by atoms with Crippen molar-refractivity contribution in [1.82, 2.24) is 0 Å². The van der Waals surface area contributed by atoms with E-state index in [4.69, 9.17) is 21.5 Å². The fourth-order valence-electron chi connectivity index (χ4n) is 3.94. The average Bonchev–Trinajstić information content (AvgIpc) is 2.89. The predicted octanol–water partition coefficient (Wildman–Crippen LogP) is 5.56. The topological polar surface area (TPSA) is 110 Å². The zero-order valence-electron chi connectivity index (χ0n) is 20.7. The van der Waals surface area contributed by atoms with Gasteiger partial charge in [0.2, 0.25) is 0 Å². The van der Waals surface area contributed by atoms with Crippen molar-refractivity contribution in [2.75, 3.05) is 41.3 Å². The smallest absolute Gasteiger partial charge is 0.478 e. The molecular formula is C27H25ClF3N3O5. The Morgan fingerprint density at radius 2 is 1.41 bits per heavy atom. The predicted molar refractivity (Wildman–Crippen MR) is 142 cm³/mol. The highest BCUT2D eigenvalue weighted by molar-refractivity contribution is 6.30. The van der Waals surface area contributed by atoms with Crippen LogP contribution in [0.4, 0.5) is 30.2 Å². The summed E-state index contributed by atoms with van der Waals surface area (Å²) in [7, 11) is 0. The Labute approximate surface area is 227 Å². The lowest BCUT2D eigenvalue weighted by molar-refractivity contribution is -0.192. The third-order valence-electron chi connectivity index (χ3n) is 5.93. The van der Waals surface area contributed by atoms with E-state index in [0.29, 0.717) is 35.1 Å². The molecule has 3 aromatic carbocycles. The van der Waals surface area contributed by atoms with Crippen molar-refractivity contribution in [3.63, 3.8) is 0 Å². The van der Waals surface area contributed by atoms with Gasteiger partial charge in [-0.2, -0.15) is 13.2 Å². The summed E-state index contributed by atoms with van der Waals surface area (Å²) in [5.74, 6) is -4.04. The summed E-state index contributed by atoms with van der Waals surface area (Å²) in [6, 6.07) is 20.1. The number of hydrogen-bond donors (Lipinski definition) is 3. The third kappa shape index (κ3) is 7.87. The molecule has 1 saturated heterocycles. The zero-order chi connectivity index (χ0) is 28.7. The molecular weight excluding hydrogens is 539 g/mol. The number of carbonyl (C=O) groups excluding carboxylic acids is 1. The minimum atomic E-state index is -5.08. The minimum Gasteiger partial charge on any atom is -0.478 e. The molecule has 1 aliphatic heterocycles. The van der Waals surface area contributed by atoms with E-state index in [1.807, 2.05) is 43.3 Å². The number of aliphatic carboxylic acids is 1. The first kappa shape index (κ1) is 29.3. The van der Waals surface area contributed by atoms with Crippen molar-refractivity contribution in [3.05, 3.63) is 88.4 Å². The second-order valence-corrected chi connectivity index (χ2v) is 9.00. The summed E-state index contributed by atoms with van der Waals surface area (Å²) in [5.41, 5.74) is 3.81. The second kappa shape index (κ2) is 12.5. The molecule has 206 valence electrons. The maximum Gasteiger partial charge on any atom is 0.490 e. The van der Waals surface area contributed by atoms with Gasteiger partial charge < -0.3 is 25.3 Å². The number of benzene rings is 3. The van der Waals surface area contributed by atoms with E-state index < -0.39 is 18.1 Å². The van der Waals surface area contributed by atoms with E-state index in [1.54, 1.807) is 24.3 Å². The Hall–Kier alpha value is -4.25. The Kier molecular flexibility index (Phi) is 9.42. The number of amides is 1. The maximum atomic E-state index is 12.6. The third-order valence-corrected chi connectivity index (χ3v) is 6.18. The SMILES string of the molecule is Cc1ccccc1C(=O)Nc1ccc(N2CCN(c3ccc(Cl)cc3)CC2)c(C(=O)O)c1.O=C(O)C(F)(F)F. The first-order valence-corrected chi connectivity index (χ1v) is 12.0. The molecule has 0 bridgehead atoms. The van der Waals surface area contributed by atoms with Crippen molar-refractivity contribution >= 4 is 46.5 Å². The number of rotatable bonds is 5. The van der Waals surface area contributed by atoms with Gasteiger partial charge in [0.25, 0.3) is 5.91 Å². The van der Waals surface area contributed by atoms with E-state index in [2.05, 4.69) is 15.1 Å². The first-order valence-electron chi connectivity index (χ1n) is 11.7. The lowest BCUT2D eigenvalue weighted by atomic mass is 10.1. The van der Waals surface area contributed by atoms with Crippen molar-refractivity contribution < 1.29 is 37.8 Å². The fourth-order valence-corrected chi connectivity index (χ4v) is 4.07. The highest BCUT2D eigenvalue weighted by atomic mass is 35.5. The average molecular weight is 564 g/mol. The molecule has 3 aromatic rings. The summed E-state index contributed by atoms with van der Waals surface area (Å²) in [4.78, 5) is 37.8. The standard InChI is InChI=1S/C25H24ClN3O3.C2HF3O2/c1-17-4-2-3-5-21(17)24(30)27-19-8-11-23(22(16-19)25(31)32)29-14-12-28(13-15-29)20-9-6-18(26)7-10-20;3-2(4,5)1(6)7/h2-11,16H,12-15H2,1H3,(H,27,30)(H,31,32);(H,6,7). The van der Waals surface area contributed by atoms with Crippen LogP contribution in [0.1, 0.15) is 26.3 Å². The number of nitrogens with one attached hydrogen (secondary N) is 1. The minimum absolute atomic E-state index is 0.174. The highest BCUT2D eigenvalue weighted by Crippen LogP contribution is 2.28. The molecule has 0 spiro atoms.